The molecule has 19 heavy (non-hydrogen) atoms. The Hall–Kier alpha value is -2.10. The lowest BCUT2D eigenvalue weighted by atomic mass is 10.1. The molecule has 0 radical (unpaired) electrons. The molecule has 0 fully saturated rings. The van der Waals surface area contributed by atoms with Crippen LogP contribution in [0.4, 0.5) is 17.5 Å². The van der Waals surface area contributed by atoms with Gasteiger partial charge >= 0.3 is 0 Å². The smallest absolute Gasteiger partial charge is 0.229 e. The van der Waals surface area contributed by atoms with Crippen LogP contribution in [-0.2, 0) is 0 Å². The van der Waals surface area contributed by atoms with E-state index in [9.17, 15) is 0 Å². The fraction of sp³-hybridized carbons (Fsp3) is 0.333. The molecule has 2 aromatic rings. The molecule has 4 nitrogen and oxygen atoms in total. The number of para-hydroxylation sites is 1. The van der Waals surface area contributed by atoms with Crippen LogP contribution >= 0.6 is 0 Å². The number of nitrogens with one attached hydrogen (secondary N) is 2. The van der Waals surface area contributed by atoms with Crippen LogP contribution in [0.3, 0.4) is 0 Å². The summed E-state index contributed by atoms with van der Waals surface area (Å²) in [4.78, 5) is 8.88. The van der Waals surface area contributed by atoms with Crippen molar-refractivity contribution in [3.8, 4) is 0 Å². The molecule has 0 saturated heterocycles. The summed E-state index contributed by atoms with van der Waals surface area (Å²) in [6.45, 7) is 8.28. The maximum absolute atomic E-state index is 4.48. The molecule has 0 bridgehead atoms. The molecule has 0 atom stereocenters. The van der Waals surface area contributed by atoms with Crippen molar-refractivity contribution >= 4 is 17.5 Å². The number of rotatable bonds is 3. The lowest BCUT2D eigenvalue weighted by molar-refractivity contribution is 0.630. The third-order valence-corrected chi connectivity index (χ3v) is 2.39. The topological polar surface area (TPSA) is 49.8 Å². The average molecular weight is 256 g/mol. The molecule has 0 aliphatic heterocycles. The van der Waals surface area contributed by atoms with Crippen LogP contribution in [0.5, 0.6) is 0 Å². The largest absolute Gasteiger partial charge is 0.365 e. The number of anilines is 3. The van der Waals surface area contributed by atoms with Gasteiger partial charge in [0.05, 0.1) is 0 Å². The van der Waals surface area contributed by atoms with Crippen LogP contribution in [0, 0.1) is 6.92 Å². The quantitative estimate of drug-likeness (QED) is 0.878. The molecule has 100 valence electrons. The molecule has 2 N–H and O–H groups in total. The molecule has 4 heteroatoms. The molecule has 0 amide bonds. The molecule has 1 aromatic carbocycles. The number of aromatic nitrogens is 2. The Labute approximate surface area is 114 Å². The van der Waals surface area contributed by atoms with Gasteiger partial charge in [0.2, 0.25) is 5.95 Å². The highest BCUT2D eigenvalue weighted by Crippen LogP contribution is 2.17. The molecule has 0 unspecified atom stereocenters. The molecule has 1 aromatic heterocycles. The summed E-state index contributed by atoms with van der Waals surface area (Å²) < 4.78 is 0. The fourth-order valence-electron chi connectivity index (χ4n) is 1.72. The van der Waals surface area contributed by atoms with Gasteiger partial charge in [-0.2, -0.15) is 4.98 Å². The van der Waals surface area contributed by atoms with Gasteiger partial charge in [-0.15, -0.1) is 0 Å². The first kappa shape index (κ1) is 13.3. The second kappa shape index (κ2) is 5.26. The van der Waals surface area contributed by atoms with Crippen molar-refractivity contribution in [1.82, 2.24) is 9.97 Å². The zero-order valence-electron chi connectivity index (χ0n) is 11.9. The molecule has 0 saturated carbocycles. The van der Waals surface area contributed by atoms with Gasteiger partial charge in [-0.25, -0.2) is 4.98 Å². The normalized spacial score (nSPS) is 11.2. The van der Waals surface area contributed by atoms with Crippen molar-refractivity contribution in [2.24, 2.45) is 0 Å². The van der Waals surface area contributed by atoms with E-state index in [4.69, 9.17) is 0 Å². The van der Waals surface area contributed by atoms with Gasteiger partial charge in [0.1, 0.15) is 5.82 Å². The van der Waals surface area contributed by atoms with Gasteiger partial charge in [-0.1, -0.05) is 18.2 Å². The molecular weight excluding hydrogens is 236 g/mol. The highest BCUT2D eigenvalue weighted by molar-refractivity contribution is 5.55. The molecule has 0 aliphatic rings. The van der Waals surface area contributed by atoms with E-state index >= 15 is 0 Å². The van der Waals surface area contributed by atoms with E-state index in [1.807, 2.05) is 43.3 Å². The van der Waals surface area contributed by atoms with E-state index in [0.717, 1.165) is 17.2 Å². The third kappa shape index (κ3) is 4.25. The Morgan fingerprint density at radius 2 is 1.68 bits per heavy atom. The second-order valence-corrected chi connectivity index (χ2v) is 5.58. The van der Waals surface area contributed by atoms with Crippen molar-refractivity contribution in [3.63, 3.8) is 0 Å². The minimum atomic E-state index is -0.0230. The van der Waals surface area contributed by atoms with E-state index < -0.39 is 0 Å². The first-order valence-corrected chi connectivity index (χ1v) is 6.38. The molecule has 1 heterocycles. The molecule has 0 aliphatic carbocycles. The standard InChI is InChI=1S/C15H20N4/c1-11-10-13(19-15(2,3)4)18-14(16-11)17-12-8-6-5-7-9-12/h5-10H,1-4H3,(H2,16,17,18,19). The number of hydrogen-bond donors (Lipinski definition) is 2. The SMILES string of the molecule is Cc1cc(NC(C)(C)C)nc(Nc2ccccc2)n1. The summed E-state index contributed by atoms with van der Waals surface area (Å²) in [6, 6.07) is 11.9. The zero-order valence-corrected chi connectivity index (χ0v) is 11.9. The van der Waals surface area contributed by atoms with Gasteiger partial charge < -0.3 is 10.6 Å². The Kier molecular flexibility index (Phi) is 3.69. The predicted molar refractivity (Wildman–Crippen MR) is 79.9 cm³/mol. The number of hydrogen-bond acceptors (Lipinski definition) is 4. The van der Waals surface area contributed by atoms with Crippen LogP contribution < -0.4 is 10.6 Å². The molecule has 0 spiro atoms. The lowest BCUT2D eigenvalue weighted by Crippen LogP contribution is -2.27. The van der Waals surface area contributed by atoms with Crippen molar-refractivity contribution in [2.75, 3.05) is 10.6 Å². The van der Waals surface area contributed by atoms with Crippen molar-refractivity contribution in [2.45, 2.75) is 33.2 Å². The predicted octanol–water partition coefficient (Wildman–Crippen LogP) is 3.74. The number of benzene rings is 1. The van der Waals surface area contributed by atoms with Crippen LogP contribution in [0.2, 0.25) is 0 Å². The Bertz CT molecular complexity index is 544. The van der Waals surface area contributed by atoms with Gasteiger partial charge in [0, 0.05) is 23.0 Å². The van der Waals surface area contributed by atoms with E-state index in [2.05, 4.69) is 41.4 Å². The summed E-state index contributed by atoms with van der Waals surface area (Å²) in [5.41, 5.74) is 1.89. The highest BCUT2D eigenvalue weighted by Gasteiger charge is 2.11. The Morgan fingerprint density at radius 1 is 1.00 bits per heavy atom. The minimum absolute atomic E-state index is 0.0230. The summed E-state index contributed by atoms with van der Waals surface area (Å²) in [5.74, 6) is 1.44. The second-order valence-electron chi connectivity index (χ2n) is 5.58. The third-order valence-electron chi connectivity index (χ3n) is 2.39. The highest BCUT2D eigenvalue weighted by atomic mass is 15.2. The monoisotopic (exact) mass is 256 g/mol. The number of nitrogens with zero attached hydrogens (tertiary/aromatic N) is 2. The van der Waals surface area contributed by atoms with Crippen molar-refractivity contribution < 1.29 is 0 Å². The van der Waals surface area contributed by atoms with Crippen LogP contribution in [0.15, 0.2) is 36.4 Å². The van der Waals surface area contributed by atoms with Gasteiger partial charge in [0.25, 0.3) is 0 Å². The van der Waals surface area contributed by atoms with Crippen LogP contribution in [0.25, 0.3) is 0 Å². The molecule has 2 rings (SSSR count). The molecular formula is C15H20N4. The van der Waals surface area contributed by atoms with Crippen LogP contribution in [-0.4, -0.2) is 15.5 Å². The summed E-state index contributed by atoms with van der Waals surface area (Å²) in [6.07, 6.45) is 0. The van der Waals surface area contributed by atoms with Crippen molar-refractivity contribution in [3.05, 3.63) is 42.1 Å². The van der Waals surface area contributed by atoms with Crippen molar-refractivity contribution in [1.29, 1.82) is 0 Å². The first-order valence-electron chi connectivity index (χ1n) is 6.38. The van der Waals surface area contributed by atoms with E-state index in [0.29, 0.717) is 5.95 Å². The lowest BCUT2D eigenvalue weighted by Gasteiger charge is -2.21. The van der Waals surface area contributed by atoms with Crippen LogP contribution in [0.1, 0.15) is 26.5 Å². The Morgan fingerprint density at radius 3 is 2.32 bits per heavy atom. The van der Waals surface area contributed by atoms with Gasteiger partial charge in [-0.3, -0.25) is 0 Å². The summed E-state index contributed by atoms with van der Waals surface area (Å²) in [5, 5.41) is 6.57. The number of aryl methyl sites for hydroxylation is 1. The van der Waals surface area contributed by atoms with Gasteiger partial charge in [0.15, 0.2) is 0 Å². The fourth-order valence-corrected chi connectivity index (χ4v) is 1.72. The van der Waals surface area contributed by atoms with E-state index in [1.54, 1.807) is 0 Å². The summed E-state index contributed by atoms with van der Waals surface area (Å²) >= 11 is 0. The Balaban J connectivity index is 2.22. The maximum Gasteiger partial charge on any atom is 0.229 e. The van der Waals surface area contributed by atoms with E-state index in [-0.39, 0.29) is 5.54 Å². The summed E-state index contributed by atoms with van der Waals surface area (Å²) in [7, 11) is 0. The first-order chi connectivity index (χ1) is 8.92. The average Bonchev–Trinajstić information content (AvgIpc) is 2.26. The maximum atomic E-state index is 4.48. The van der Waals surface area contributed by atoms with Gasteiger partial charge in [-0.05, 0) is 39.8 Å². The minimum Gasteiger partial charge on any atom is -0.365 e. The zero-order chi connectivity index (χ0) is 13.9. The van der Waals surface area contributed by atoms with E-state index in [1.165, 1.54) is 0 Å².